The van der Waals surface area contributed by atoms with Crippen LogP contribution in [0.3, 0.4) is 0 Å². The van der Waals surface area contributed by atoms with Crippen LogP contribution in [0.5, 0.6) is 0 Å². The fraction of sp³-hybridized carbons (Fsp3) is 0.182. The third-order valence-electron chi connectivity index (χ3n) is 7.16. The number of anilines is 1. The molecular weight excluding hydrogens is 504 g/mol. The van der Waals surface area contributed by atoms with Crippen LogP contribution >= 0.6 is 0 Å². The Hall–Kier alpha value is -4.91. The molecule has 5 rings (SSSR count). The lowest BCUT2D eigenvalue weighted by Gasteiger charge is -2.23. The number of benzene rings is 4. The maximum atomic E-state index is 13.4. The molecule has 2 amide bonds. The minimum atomic E-state index is -0.979. The van der Waals surface area contributed by atoms with Crippen molar-refractivity contribution in [3.63, 3.8) is 0 Å². The Balaban J connectivity index is 1.29. The first-order valence-corrected chi connectivity index (χ1v) is 13.2. The number of nitrogens with zero attached hydrogens (tertiary/aromatic N) is 1. The molecule has 1 aliphatic carbocycles. The summed E-state index contributed by atoms with van der Waals surface area (Å²) in [4.78, 5) is 39.1. The average Bonchev–Trinajstić information content (AvgIpc) is 3.29. The Bertz CT molecular complexity index is 1500. The fourth-order valence-corrected chi connectivity index (χ4v) is 5.10. The zero-order chi connectivity index (χ0) is 28.1. The summed E-state index contributed by atoms with van der Waals surface area (Å²) in [7, 11) is 0. The Morgan fingerprint density at radius 2 is 1.48 bits per heavy atom. The number of carbonyl (C=O) groups is 3. The second-order valence-electron chi connectivity index (χ2n) is 9.84. The van der Waals surface area contributed by atoms with Gasteiger partial charge in [0.25, 0.3) is 5.91 Å². The molecule has 2 N–H and O–H groups in total. The summed E-state index contributed by atoms with van der Waals surface area (Å²) in [6.45, 7) is 2.35. The van der Waals surface area contributed by atoms with E-state index in [0.29, 0.717) is 11.3 Å². The molecule has 0 saturated heterocycles. The van der Waals surface area contributed by atoms with Gasteiger partial charge in [-0.05, 0) is 52.4 Å². The van der Waals surface area contributed by atoms with Gasteiger partial charge in [-0.1, -0.05) is 84.9 Å². The topological polar surface area (TPSA) is 95.9 Å². The molecule has 0 bridgehead atoms. The molecular formula is C33H30N2O5. The summed E-state index contributed by atoms with van der Waals surface area (Å²) in [5.74, 6) is -1.36. The predicted octanol–water partition coefficient (Wildman–Crippen LogP) is 6.47. The highest BCUT2D eigenvalue weighted by Crippen LogP contribution is 2.44. The number of ether oxygens (including phenoxy) is 1. The lowest BCUT2D eigenvalue weighted by molar-refractivity contribution is -0.137. The number of fused-ring (bicyclic) bond motifs is 3. The Labute approximate surface area is 233 Å². The molecule has 7 nitrogen and oxygen atoms in total. The zero-order valence-corrected chi connectivity index (χ0v) is 22.2. The number of aryl methyl sites for hydroxylation is 1. The Morgan fingerprint density at radius 3 is 2.12 bits per heavy atom. The molecule has 0 saturated carbocycles. The van der Waals surface area contributed by atoms with Gasteiger partial charge in [0.2, 0.25) is 0 Å². The van der Waals surface area contributed by atoms with Crippen molar-refractivity contribution in [2.24, 2.45) is 0 Å². The van der Waals surface area contributed by atoms with Crippen LogP contribution in [-0.2, 0) is 16.1 Å². The molecule has 0 aromatic heterocycles. The van der Waals surface area contributed by atoms with E-state index in [2.05, 4.69) is 29.6 Å². The minimum Gasteiger partial charge on any atom is -0.481 e. The summed E-state index contributed by atoms with van der Waals surface area (Å²) >= 11 is 0. The van der Waals surface area contributed by atoms with Gasteiger partial charge >= 0.3 is 12.1 Å². The number of nitrogens with one attached hydrogen (secondary N) is 1. The number of carbonyl (C=O) groups excluding carboxylic acids is 2. The van der Waals surface area contributed by atoms with E-state index in [0.717, 1.165) is 33.4 Å². The van der Waals surface area contributed by atoms with Crippen molar-refractivity contribution in [1.82, 2.24) is 4.90 Å². The van der Waals surface area contributed by atoms with E-state index in [4.69, 9.17) is 4.74 Å². The second-order valence-corrected chi connectivity index (χ2v) is 9.84. The van der Waals surface area contributed by atoms with Crippen molar-refractivity contribution in [1.29, 1.82) is 0 Å². The van der Waals surface area contributed by atoms with E-state index in [-0.39, 0.29) is 37.9 Å². The van der Waals surface area contributed by atoms with Crippen LogP contribution in [0.4, 0.5) is 10.5 Å². The molecule has 0 radical (unpaired) electrons. The molecule has 7 heteroatoms. The van der Waals surface area contributed by atoms with E-state index in [1.807, 2.05) is 61.5 Å². The van der Waals surface area contributed by atoms with Crippen molar-refractivity contribution >= 4 is 23.7 Å². The van der Waals surface area contributed by atoms with Crippen LogP contribution in [0.15, 0.2) is 97.1 Å². The van der Waals surface area contributed by atoms with Gasteiger partial charge in [-0.15, -0.1) is 0 Å². The normalized spacial score (nSPS) is 11.8. The smallest absolute Gasteiger partial charge is 0.411 e. The number of carboxylic acid groups (broad SMARTS) is 1. The number of amides is 2. The number of carboxylic acids is 1. The average molecular weight is 535 g/mol. The largest absolute Gasteiger partial charge is 0.481 e. The molecule has 0 spiro atoms. The maximum Gasteiger partial charge on any atom is 0.411 e. The molecule has 4 aromatic rings. The monoisotopic (exact) mass is 534 g/mol. The second kappa shape index (κ2) is 11.9. The van der Waals surface area contributed by atoms with E-state index in [1.165, 1.54) is 4.90 Å². The zero-order valence-electron chi connectivity index (χ0n) is 22.2. The van der Waals surface area contributed by atoms with E-state index < -0.39 is 12.1 Å². The molecule has 0 atom stereocenters. The van der Waals surface area contributed by atoms with E-state index in [1.54, 1.807) is 18.2 Å². The van der Waals surface area contributed by atoms with Crippen LogP contribution < -0.4 is 5.32 Å². The van der Waals surface area contributed by atoms with Crippen LogP contribution in [-0.4, -0.2) is 41.1 Å². The number of hydrogen-bond acceptors (Lipinski definition) is 4. The van der Waals surface area contributed by atoms with Crippen LogP contribution in [0.25, 0.3) is 11.1 Å². The first-order chi connectivity index (χ1) is 19.4. The lowest BCUT2D eigenvalue weighted by Crippen LogP contribution is -2.32. The number of rotatable bonds is 9. The standard InChI is InChI=1S/C33H30N2O5/c1-22-15-16-24(32(38)35(18-17-31(36)37)20-23-9-3-2-4-10-23)19-30(22)34-33(39)40-21-29-27-13-7-5-11-25(27)26-12-6-8-14-28(26)29/h2-16,19,29H,17-18,20-21H2,1H3,(H,34,39)(H,36,37). The summed E-state index contributed by atoms with van der Waals surface area (Å²) in [5, 5.41) is 12.0. The highest BCUT2D eigenvalue weighted by atomic mass is 16.5. The highest BCUT2D eigenvalue weighted by molar-refractivity contribution is 5.97. The van der Waals surface area contributed by atoms with Gasteiger partial charge < -0.3 is 14.7 Å². The van der Waals surface area contributed by atoms with Gasteiger partial charge in [0, 0.05) is 30.3 Å². The van der Waals surface area contributed by atoms with Crippen LogP contribution in [0, 0.1) is 6.92 Å². The van der Waals surface area contributed by atoms with Crippen molar-refractivity contribution < 1.29 is 24.2 Å². The fourth-order valence-electron chi connectivity index (χ4n) is 5.10. The molecule has 40 heavy (non-hydrogen) atoms. The van der Waals surface area contributed by atoms with Gasteiger partial charge in [-0.2, -0.15) is 0 Å². The molecule has 0 fully saturated rings. The van der Waals surface area contributed by atoms with Crippen molar-refractivity contribution in [2.75, 3.05) is 18.5 Å². The molecule has 1 aliphatic rings. The molecule has 0 unspecified atom stereocenters. The summed E-state index contributed by atoms with van der Waals surface area (Å²) in [6.07, 6.45) is -0.781. The predicted molar refractivity (Wildman–Crippen MR) is 153 cm³/mol. The third-order valence-corrected chi connectivity index (χ3v) is 7.16. The summed E-state index contributed by atoms with van der Waals surface area (Å²) in [6, 6.07) is 30.7. The molecule has 4 aromatic carbocycles. The van der Waals surface area contributed by atoms with Gasteiger partial charge in [0.15, 0.2) is 0 Å². The van der Waals surface area contributed by atoms with E-state index >= 15 is 0 Å². The van der Waals surface area contributed by atoms with E-state index in [9.17, 15) is 19.5 Å². The summed E-state index contributed by atoms with van der Waals surface area (Å²) in [5.41, 5.74) is 7.02. The van der Waals surface area contributed by atoms with Crippen molar-refractivity contribution in [2.45, 2.75) is 25.8 Å². The van der Waals surface area contributed by atoms with Gasteiger partial charge in [-0.3, -0.25) is 14.9 Å². The quantitative estimate of drug-likeness (QED) is 0.256. The molecule has 202 valence electrons. The van der Waals surface area contributed by atoms with Gasteiger partial charge in [0.05, 0.1) is 6.42 Å². The van der Waals surface area contributed by atoms with Crippen LogP contribution in [0.1, 0.15) is 45.0 Å². The highest BCUT2D eigenvalue weighted by Gasteiger charge is 2.29. The first-order valence-electron chi connectivity index (χ1n) is 13.2. The Morgan fingerprint density at radius 1 is 0.850 bits per heavy atom. The number of hydrogen-bond donors (Lipinski definition) is 2. The lowest BCUT2D eigenvalue weighted by atomic mass is 9.98. The SMILES string of the molecule is Cc1ccc(C(=O)N(CCC(=O)O)Cc2ccccc2)cc1NC(=O)OCC1c2ccccc2-c2ccccc21. The molecule has 0 heterocycles. The number of aliphatic carboxylic acids is 1. The maximum absolute atomic E-state index is 13.4. The van der Waals surface area contributed by atoms with Gasteiger partial charge in [0.1, 0.15) is 6.61 Å². The summed E-state index contributed by atoms with van der Waals surface area (Å²) < 4.78 is 5.68. The first kappa shape index (κ1) is 26.7. The molecule has 0 aliphatic heterocycles. The van der Waals surface area contributed by atoms with Crippen molar-refractivity contribution in [3.8, 4) is 11.1 Å². The third kappa shape index (κ3) is 5.89. The van der Waals surface area contributed by atoms with Gasteiger partial charge in [-0.25, -0.2) is 4.79 Å². The minimum absolute atomic E-state index is 0.0616. The van der Waals surface area contributed by atoms with Crippen molar-refractivity contribution in [3.05, 3.63) is 125 Å². The van der Waals surface area contributed by atoms with Crippen LogP contribution in [0.2, 0.25) is 0 Å². The Kier molecular flexibility index (Phi) is 7.92.